The summed E-state index contributed by atoms with van der Waals surface area (Å²) in [5.41, 5.74) is 4.49. The molecule has 1 atom stereocenters. The van der Waals surface area contributed by atoms with Gasteiger partial charge in [0.05, 0.1) is 0 Å². The summed E-state index contributed by atoms with van der Waals surface area (Å²) in [6.45, 7) is 0. The summed E-state index contributed by atoms with van der Waals surface area (Å²) in [6, 6.07) is 0. The third kappa shape index (κ3) is 1.79. The summed E-state index contributed by atoms with van der Waals surface area (Å²) >= 11 is 4.88. The Morgan fingerprint density at radius 1 is 1.62 bits per heavy atom. The van der Waals surface area contributed by atoms with Gasteiger partial charge in [0.2, 0.25) is 11.3 Å². The summed E-state index contributed by atoms with van der Waals surface area (Å²) in [5, 5.41) is 6.32. The molecule has 0 aromatic rings. The van der Waals surface area contributed by atoms with Crippen LogP contribution in [0.1, 0.15) is 0 Å². The van der Waals surface area contributed by atoms with E-state index in [2.05, 4.69) is 5.73 Å². The van der Waals surface area contributed by atoms with E-state index in [-0.39, 0.29) is 0 Å². The van der Waals surface area contributed by atoms with Crippen molar-refractivity contribution >= 4 is 23.5 Å². The molecule has 0 rings (SSSR count). The molecule has 0 aromatic heterocycles. The quantitative estimate of drug-likeness (QED) is 0.385. The largest absolute Gasteiger partial charge is 0.480 e. The van der Waals surface area contributed by atoms with Crippen LogP contribution in [0.3, 0.4) is 0 Å². The summed E-state index contributed by atoms with van der Waals surface area (Å²) in [6.07, 6.45) is 0. The highest BCUT2D eigenvalue weighted by atomic mass is 35.5. The lowest BCUT2D eigenvalue weighted by Gasteiger charge is -1.93. The van der Waals surface area contributed by atoms with Gasteiger partial charge in [0, 0.05) is 0 Å². The van der Waals surface area contributed by atoms with Crippen molar-refractivity contribution in [1.29, 1.82) is 0 Å². The van der Waals surface area contributed by atoms with E-state index in [9.17, 15) is 9.59 Å². The van der Waals surface area contributed by atoms with E-state index in [1.165, 1.54) is 0 Å². The number of carboxylic acid groups (broad SMARTS) is 1. The molecule has 0 saturated heterocycles. The third-order valence-corrected chi connectivity index (χ3v) is 0.868. The molecule has 0 aliphatic carbocycles. The molecule has 1 amide bonds. The zero-order chi connectivity index (χ0) is 6.73. The first-order chi connectivity index (χ1) is 3.55. The maximum absolute atomic E-state index is 9.85. The monoisotopic (exact) mass is 137 g/mol. The van der Waals surface area contributed by atoms with Gasteiger partial charge in [-0.3, -0.25) is 9.59 Å². The van der Waals surface area contributed by atoms with Crippen LogP contribution in [0, 0.1) is 0 Å². The number of primary amides is 1. The molecule has 0 bridgehead atoms. The van der Waals surface area contributed by atoms with Gasteiger partial charge in [-0.2, -0.15) is 0 Å². The Morgan fingerprint density at radius 3 is 2.00 bits per heavy atom. The normalized spacial score (nSPS) is 12.6. The van der Waals surface area contributed by atoms with Crippen LogP contribution >= 0.6 is 11.6 Å². The Kier molecular flexibility index (Phi) is 2.27. The molecule has 0 saturated carbocycles. The van der Waals surface area contributed by atoms with Crippen LogP contribution in [0.5, 0.6) is 0 Å². The highest BCUT2D eigenvalue weighted by Gasteiger charge is 2.18. The maximum atomic E-state index is 9.85. The molecular formula is C3H4ClNO3. The molecule has 0 heterocycles. The topological polar surface area (TPSA) is 80.4 Å². The van der Waals surface area contributed by atoms with Crippen molar-refractivity contribution in [3.05, 3.63) is 0 Å². The zero-order valence-electron chi connectivity index (χ0n) is 3.80. The van der Waals surface area contributed by atoms with Crippen LogP contribution in [0.25, 0.3) is 0 Å². The standard InChI is InChI=1S/C3H4ClNO3/c4-1(2(5)6)3(7)8/h1H,(H2,5,6)(H,7,8)/t1-/m0/s1. The number of hydrogen-bond acceptors (Lipinski definition) is 2. The van der Waals surface area contributed by atoms with Gasteiger partial charge in [0.1, 0.15) is 0 Å². The molecule has 0 fully saturated rings. The minimum Gasteiger partial charge on any atom is -0.480 e. The van der Waals surface area contributed by atoms with Crippen LogP contribution in [-0.2, 0) is 9.59 Å². The van der Waals surface area contributed by atoms with Gasteiger partial charge in [-0.1, -0.05) is 11.6 Å². The summed E-state index contributed by atoms with van der Waals surface area (Å²) in [7, 11) is 0. The Bertz CT molecular complexity index is 110. The predicted molar refractivity (Wildman–Crippen MR) is 26.5 cm³/mol. The minimum atomic E-state index is -1.60. The molecule has 3 N–H and O–H groups in total. The van der Waals surface area contributed by atoms with Gasteiger partial charge in [0.15, 0.2) is 0 Å². The average Bonchev–Trinajstić information content (AvgIpc) is 1.64. The van der Waals surface area contributed by atoms with Gasteiger partial charge in [-0.05, 0) is 0 Å². The lowest BCUT2D eigenvalue weighted by Crippen LogP contribution is -2.30. The zero-order valence-corrected chi connectivity index (χ0v) is 4.55. The third-order valence-electron chi connectivity index (χ3n) is 0.467. The van der Waals surface area contributed by atoms with E-state index in [0.29, 0.717) is 0 Å². The fraction of sp³-hybridized carbons (Fsp3) is 0.333. The molecule has 8 heavy (non-hydrogen) atoms. The van der Waals surface area contributed by atoms with Crippen molar-refractivity contribution < 1.29 is 14.7 Å². The average molecular weight is 138 g/mol. The van der Waals surface area contributed by atoms with Crippen LogP contribution in [-0.4, -0.2) is 22.4 Å². The minimum absolute atomic E-state index is 1.04. The highest BCUT2D eigenvalue weighted by Crippen LogP contribution is 1.91. The van der Waals surface area contributed by atoms with E-state index in [4.69, 9.17) is 16.7 Å². The molecule has 46 valence electrons. The summed E-state index contributed by atoms with van der Waals surface area (Å²) < 4.78 is 0. The van der Waals surface area contributed by atoms with Gasteiger partial charge in [0.25, 0.3) is 0 Å². The lowest BCUT2D eigenvalue weighted by molar-refractivity contribution is -0.139. The molecule has 0 aliphatic rings. The summed E-state index contributed by atoms with van der Waals surface area (Å²) in [4.78, 5) is 19.6. The van der Waals surface area contributed by atoms with Crippen molar-refractivity contribution in [3.63, 3.8) is 0 Å². The van der Waals surface area contributed by atoms with E-state index < -0.39 is 17.3 Å². The molecule has 5 heteroatoms. The van der Waals surface area contributed by atoms with Gasteiger partial charge >= 0.3 is 5.97 Å². The van der Waals surface area contributed by atoms with Crippen molar-refractivity contribution in [2.45, 2.75) is 5.38 Å². The molecule has 4 nitrogen and oxygen atoms in total. The van der Waals surface area contributed by atoms with E-state index in [1.807, 2.05) is 0 Å². The van der Waals surface area contributed by atoms with E-state index >= 15 is 0 Å². The van der Waals surface area contributed by atoms with Crippen molar-refractivity contribution in [2.24, 2.45) is 5.73 Å². The van der Waals surface area contributed by atoms with Crippen LogP contribution in [0.15, 0.2) is 0 Å². The number of carbonyl (C=O) groups excluding carboxylic acids is 1. The van der Waals surface area contributed by atoms with Crippen LogP contribution < -0.4 is 5.73 Å². The molecule has 0 aromatic carbocycles. The predicted octanol–water partition coefficient (Wildman–Crippen LogP) is -0.836. The van der Waals surface area contributed by atoms with Gasteiger partial charge in [-0.25, -0.2) is 0 Å². The second kappa shape index (κ2) is 2.52. The molecule has 0 unspecified atom stereocenters. The Hall–Kier alpha value is -0.770. The molecule has 0 spiro atoms. The second-order valence-electron chi connectivity index (χ2n) is 1.10. The molecular weight excluding hydrogens is 133 g/mol. The highest BCUT2D eigenvalue weighted by molar-refractivity contribution is 6.40. The first-order valence-electron chi connectivity index (χ1n) is 1.72. The lowest BCUT2D eigenvalue weighted by atomic mass is 10.4. The number of nitrogens with two attached hydrogens (primary N) is 1. The second-order valence-corrected chi connectivity index (χ2v) is 1.54. The number of aliphatic carboxylic acids is 1. The Labute approximate surface area is 50.2 Å². The number of carboxylic acids is 1. The number of rotatable bonds is 2. The smallest absolute Gasteiger partial charge is 0.331 e. The number of amides is 1. The first kappa shape index (κ1) is 7.23. The first-order valence-corrected chi connectivity index (χ1v) is 2.15. The van der Waals surface area contributed by atoms with E-state index in [1.54, 1.807) is 0 Å². The van der Waals surface area contributed by atoms with Crippen molar-refractivity contribution in [2.75, 3.05) is 0 Å². The van der Waals surface area contributed by atoms with E-state index in [0.717, 1.165) is 0 Å². The van der Waals surface area contributed by atoms with Crippen molar-refractivity contribution in [1.82, 2.24) is 0 Å². The van der Waals surface area contributed by atoms with Gasteiger partial charge < -0.3 is 10.8 Å². The summed E-state index contributed by atoms with van der Waals surface area (Å²) in [5.74, 6) is -2.46. The SMILES string of the molecule is NC(=O)[C@H](Cl)C(=O)O. The molecule has 0 aliphatic heterocycles. The Morgan fingerprint density at radius 2 is 2.00 bits per heavy atom. The van der Waals surface area contributed by atoms with Crippen LogP contribution in [0.2, 0.25) is 0 Å². The maximum Gasteiger partial charge on any atom is 0.331 e. The van der Waals surface area contributed by atoms with Crippen LogP contribution in [0.4, 0.5) is 0 Å². The number of halogens is 1. The Balaban J connectivity index is 3.83. The number of carbonyl (C=O) groups is 2. The fourth-order valence-electron chi connectivity index (χ4n) is 0.122. The number of hydrogen-bond donors (Lipinski definition) is 2. The number of alkyl halides is 1. The van der Waals surface area contributed by atoms with Gasteiger partial charge in [-0.15, -0.1) is 0 Å². The van der Waals surface area contributed by atoms with Crippen molar-refractivity contribution in [3.8, 4) is 0 Å². The fourth-order valence-corrected chi connectivity index (χ4v) is 0.122. The molecule has 0 radical (unpaired) electrons.